The summed E-state index contributed by atoms with van der Waals surface area (Å²) in [5, 5.41) is 12.8. The minimum Gasteiger partial charge on any atom is -0.492 e. The van der Waals surface area contributed by atoms with Crippen LogP contribution in [0.15, 0.2) is 30.3 Å². The lowest BCUT2D eigenvalue weighted by molar-refractivity contribution is 0.0749. The van der Waals surface area contributed by atoms with E-state index in [4.69, 9.17) is 9.47 Å². The van der Waals surface area contributed by atoms with Crippen molar-refractivity contribution < 1.29 is 19.4 Å². The second-order valence-electron chi connectivity index (χ2n) is 7.20. The fraction of sp³-hybridized carbons (Fsp3) is 0.650. The summed E-state index contributed by atoms with van der Waals surface area (Å²) in [6, 6.07) is 9.74. The molecule has 2 N–H and O–H groups in total. The van der Waals surface area contributed by atoms with E-state index in [1.54, 1.807) is 0 Å². The average Bonchev–Trinajstić information content (AvgIpc) is 3.17. The molecular weight excluding hydrogens is 332 g/mol. The highest BCUT2D eigenvalue weighted by atomic mass is 16.5. The molecule has 1 saturated heterocycles. The van der Waals surface area contributed by atoms with Gasteiger partial charge in [0.05, 0.1) is 18.8 Å². The minimum absolute atomic E-state index is 0.0569. The molecule has 2 amide bonds. The molecule has 1 aliphatic heterocycles. The Hall–Kier alpha value is -1.79. The normalized spacial score (nSPS) is 25.7. The van der Waals surface area contributed by atoms with E-state index in [-0.39, 0.29) is 24.3 Å². The molecule has 6 heteroatoms. The van der Waals surface area contributed by atoms with Crippen LogP contribution < -0.4 is 10.1 Å². The van der Waals surface area contributed by atoms with Crippen LogP contribution in [0, 0.1) is 0 Å². The van der Waals surface area contributed by atoms with Crippen molar-refractivity contribution in [1.29, 1.82) is 0 Å². The van der Waals surface area contributed by atoms with Crippen LogP contribution in [0.2, 0.25) is 0 Å². The molecule has 1 aliphatic carbocycles. The summed E-state index contributed by atoms with van der Waals surface area (Å²) in [5.41, 5.74) is 0. The number of nitrogens with one attached hydrogen (secondary N) is 1. The van der Waals surface area contributed by atoms with E-state index in [0.717, 1.165) is 50.9 Å². The number of nitrogens with zero attached hydrogens (tertiary/aromatic N) is 1. The molecule has 3 rings (SSSR count). The van der Waals surface area contributed by atoms with Crippen molar-refractivity contribution in [2.75, 3.05) is 26.3 Å². The number of carbonyl (C=O) groups is 1. The highest BCUT2D eigenvalue weighted by Gasteiger charge is 2.26. The number of aliphatic hydroxyl groups is 1. The molecule has 1 heterocycles. The van der Waals surface area contributed by atoms with Gasteiger partial charge in [0, 0.05) is 19.2 Å². The first kappa shape index (κ1) is 19.0. The van der Waals surface area contributed by atoms with Crippen LogP contribution in [-0.4, -0.2) is 60.6 Å². The molecular formula is C20H30N2O4. The zero-order chi connectivity index (χ0) is 18.2. The Morgan fingerprint density at radius 2 is 1.96 bits per heavy atom. The average molecular weight is 362 g/mol. The highest BCUT2D eigenvalue weighted by molar-refractivity contribution is 5.74. The third-order valence-electron chi connectivity index (χ3n) is 5.13. The summed E-state index contributed by atoms with van der Waals surface area (Å²) in [7, 11) is 0. The van der Waals surface area contributed by atoms with E-state index >= 15 is 0 Å². The summed E-state index contributed by atoms with van der Waals surface area (Å²) in [5.74, 6) is 0.811. The number of rotatable bonds is 7. The van der Waals surface area contributed by atoms with Crippen molar-refractivity contribution in [2.45, 2.75) is 56.8 Å². The quantitative estimate of drug-likeness (QED) is 0.782. The van der Waals surface area contributed by atoms with E-state index in [0.29, 0.717) is 19.7 Å². The van der Waals surface area contributed by atoms with E-state index in [1.165, 1.54) is 0 Å². The van der Waals surface area contributed by atoms with Crippen molar-refractivity contribution in [1.82, 2.24) is 10.2 Å². The third kappa shape index (κ3) is 5.88. The molecule has 0 spiro atoms. The number of aliphatic hydroxyl groups excluding tert-OH is 1. The topological polar surface area (TPSA) is 71.0 Å². The summed E-state index contributed by atoms with van der Waals surface area (Å²) in [6.45, 7) is 2.35. The largest absolute Gasteiger partial charge is 0.492 e. The van der Waals surface area contributed by atoms with Gasteiger partial charge in [-0.1, -0.05) is 18.2 Å². The van der Waals surface area contributed by atoms with Crippen LogP contribution in [0.1, 0.15) is 38.5 Å². The van der Waals surface area contributed by atoms with Gasteiger partial charge in [-0.3, -0.25) is 0 Å². The predicted octanol–water partition coefficient (Wildman–Crippen LogP) is 2.56. The van der Waals surface area contributed by atoms with Gasteiger partial charge in [-0.05, 0) is 50.7 Å². The number of urea groups is 1. The van der Waals surface area contributed by atoms with Crippen LogP contribution >= 0.6 is 0 Å². The fourth-order valence-corrected chi connectivity index (χ4v) is 3.59. The first-order valence-electron chi connectivity index (χ1n) is 9.73. The molecule has 1 aromatic carbocycles. The molecule has 0 aromatic heterocycles. The molecule has 26 heavy (non-hydrogen) atoms. The van der Waals surface area contributed by atoms with Crippen LogP contribution in [-0.2, 0) is 4.74 Å². The standard InChI is InChI=1S/C20H30N2O4/c23-17-10-8-16(9-11-17)21-20(24)22(15-19-7-4-13-25-19)12-14-26-18-5-2-1-3-6-18/h1-3,5-6,16-17,19,23H,4,7-15H2,(H,21,24)/t16?,17?,19-/m0/s1. The molecule has 144 valence electrons. The third-order valence-corrected chi connectivity index (χ3v) is 5.13. The molecule has 1 atom stereocenters. The number of benzene rings is 1. The van der Waals surface area contributed by atoms with Crippen molar-refractivity contribution in [3.8, 4) is 5.75 Å². The van der Waals surface area contributed by atoms with Crippen molar-refractivity contribution in [2.24, 2.45) is 0 Å². The van der Waals surface area contributed by atoms with Gasteiger partial charge in [-0.15, -0.1) is 0 Å². The van der Waals surface area contributed by atoms with Crippen molar-refractivity contribution in [3.05, 3.63) is 30.3 Å². The minimum atomic E-state index is -0.217. The predicted molar refractivity (Wildman–Crippen MR) is 99.3 cm³/mol. The smallest absolute Gasteiger partial charge is 0.317 e. The Labute approximate surface area is 155 Å². The van der Waals surface area contributed by atoms with Gasteiger partial charge in [0.15, 0.2) is 0 Å². The molecule has 2 aliphatic rings. The summed E-state index contributed by atoms with van der Waals surface area (Å²) in [6.07, 6.45) is 5.14. The Morgan fingerprint density at radius 1 is 1.19 bits per heavy atom. The van der Waals surface area contributed by atoms with Crippen LogP contribution in [0.5, 0.6) is 5.75 Å². The Kier molecular flexibility index (Phi) is 7.14. The first-order chi connectivity index (χ1) is 12.7. The van der Waals surface area contributed by atoms with Gasteiger partial charge < -0.3 is 24.8 Å². The molecule has 0 unspecified atom stereocenters. The Balaban J connectivity index is 1.50. The number of hydrogen-bond donors (Lipinski definition) is 2. The number of hydrogen-bond acceptors (Lipinski definition) is 4. The molecule has 6 nitrogen and oxygen atoms in total. The number of amides is 2. The maximum absolute atomic E-state index is 12.8. The maximum atomic E-state index is 12.8. The van der Waals surface area contributed by atoms with Crippen LogP contribution in [0.25, 0.3) is 0 Å². The second-order valence-corrected chi connectivity index (χ2v) is 7.20. The SMILES string of the molecule is O=C(NC1CCC(O)CC1)N(CCOc1ccccc1)C[C@@H]1CCCO1. The van der Waals surface area contributed by atoms with E-state index in [1.807, 2.05) is 35.2 Å². The number of para-hydroxylation sites is 1. The molecule has 0 bridgehead atoms. The first-order valence-corrected chi connectivity index (χ1v) is 9.73. The van der Waals surface area contributed by atoms with Crippen molar-refractivity contribution >= 4 is 6.03 Å². The molecule has 2 fully saturated rings. The van der Waals surface area contributed by atoms with E-state index < -0.39 is 0 Å². The van der Waals surface area contributed by atoms with E-state index in [9.17, 15) is 9.90 Å². The Bertz CT molecular complexity index is 540. The zero-order valence-electron chi connectivity index (χ0n) is 15.3. The van der Waals surface area contributed by atoms with Gasteiger partial charge in [0.1, 0.15) is 12.4 Å². The summed E-state index contributed by atoms with van der Waals surface area (Å²) >= 11 is 0. The van der Waals surface area contributed by atoms with E-state index in [2.05, 4.69) is 5.32 Å². The van der Waals surface area contributed by atoms with Gasteiger partial charge in [0.2, 0.25) is 0 Å². The van der Waals surface area contributed by atoms with Gasteiger partial charge in [-0.2, -0.15) is 0 Å². The maximum Gasteiger partial charge on any atom is 0.317 e. The van der Waals surface area contributed by atoms with Crippen LogP contribution in [0.3, 0.4) is 0 Å². The number of carbonyl (C=O) groups excluding carboxylic acids is 1. The second kappa shape index (κ2) is 9.78. The monoisotopic (exact) mass is 362 g/mol. The van der Waals surface area contributed by atoms with Gasteiger partial charge in [-0.25, -0.2) is 4.79 Å². The van der Waals surface area contributed by atoms with Gasteiger partial charge in [0.25, 0.3) is 0 Å². The molecule has 0 radical (unpaired) electrons. The lowest BCUT2D eigenvalue weighted by Crippen LogP contribution is -2.49. The summed E-state index contributed by atoms with van der Waals surface area (Å²) < 4.78 is 11.5. The van der Waals surface area contributed by atoms with Crippen molar-refractivity contribution in [3.63, 3.8) is 0 Å². The molecule has 1 saturated carbocycles. The van der Waals surface area contributed by atoms with Gasteiger partial charge >= 0.3 is 6.03 Å². The fourth-order valence-electron chi connectivity index (χ4n) is 3.59. The Morgan fingerprint density at radius 3 is 2.65 bits per heavy atom. The molecule has 1 aromatic rings. The lowest BCUT2D eigenvalue weighted by Gasteiger charge is -2.31. The van der Waals surface area contributed by atoms with Crippen LogP contribution in [0.4, 0.5) is 4.79 Å². The zero-order valence-corrected chi connectivity index (χ0v) is 15.3. The summed E-state index contributed by atoms with van der Waals surface area (Å²) in [4.78, 5) is 14.6. The number of ether oxygens (including phenoxy) is 2. The highest BCUT2D eigenvalue weighted by Crippen LogP contribution is 2.19. The lowest BCUT2D eigenvalue weighted by atomic mass is 9.93.